The van der Waals surface area contributed by atoms with Gasteiger partial charge in [0, 0.05) is 31.9 Å². The van der Waals surface area contributed by atoms with Crippen molar-refractivity contribution in [1.29, 1.82) is 0 Å². The van der Waals surface area contributed by atoms with E-state index in [0.717, 1.165) is 36.7 Å². The molecule has 0 radical (unpaired) electrons. The second-order valence-electron chi connectivity index (χ2n) is 4.68. The van der Waals surface area contributed by atoms with E-state index in [-0.39, 0.29) is 0 Å². The number of aryl methyl sites for hydroxylation is 1. The number of nitrogens with zero attached hydrogens (tertiary/aromatic N) is 3. The molecule has 4 heteroatoms. The van der Waals surface area contributed by atoms with Gasteiger partial charge in [0.2, 0.25) is 0 Å². The molecule has 1 fully saturated rings. The molecule has 0 aliphatic carbocycles. The van der Waals surface area contributed by atoms with Gasteiger partial charge >= 0.3 is 0 Å². The monoisotopic (exact) mass is 247 g/mol. The fourth-order valence-electron chi connectivity index (χ4n) is 2.29. The lowest BCUT2D eigenvalue weighted by molar-refractivity contribution is 0.313. The first-order valence-electron chi connectivity index (χ1n) is 6.03. The number of piperazine rings is 1. The number of anilines is 1. The molecule has 2 aromatic rings. The first-order chi connectivity index (χ1) is 8.22. The molecule has 0 amide bonds. The summed E-state index contributed by atoms with van der Waals surface area (Å²) in [6, 6.07) is 6.63. The van der Waals surface area contributed by atoms with Crippen molar-refractivity contribution in [3.8, 4) is 0 Å². The van der Waals surface area contributed by atoms with E-state index < -0.39 is 0 Å². The average Bonchev–Trinajstić information content (AvgIpc) is 2.69. The van der Waals surface area contributed by atoms with Crippen LogP contribution in [0.2, 0.25) is 0 Å². The molecule has 1 aromatic carbocycles. The SMILES string of the molecule is Cc1nc2ccc(N3CCN(C)CC3)cc2s1. The molecule has 0 N–H and O–H groups in total. The van der Waals surface area contributed by atoms with Crippen LogP contribution >= 0.6 is 11.3 Å². The Morgan fingerprint density at radius 2 is 1.94 bits per heavy atom. The Bertz CT molecular complexity index is 526. The quantitative estimate of drug-likeness (QED) is 0.771. The molecule has 1 aliphatic heterocycles. The van der Waals surface area contributed by atoms with Gasteiger partial charge < -0.3 is 9.80 Å². The van der Waals surface area contributed by atoms with Crippen LogP contribution in [-0.2, 0) is 0 Å². The molecule has 0 spiro atoms. The molecule has 1 aromatic heterocycles. The predicted molar refractivity (Wildman–Crippen MR) is 74.1 cm³/mol. The molecule has 1 aliphatic rings. The third kappa shape index (κ3) is 2.15. The highest BCUT2D eigenvalue weighted by molar-refractivity contribution is 7.18. The standard InChI is InChI=1S/C13H17N3S/c1-10-14-12-4-3-11(9-13(12)17-10)16-7-5-15(2)6-8-16/h3-4,9H,5-8H2,1-2H3. The number of hydrogen-bond acceptors (Lipinski definition) is 4. The number of fused-ring (bicyclic) bond motifs is 1. The zero-order valence-electron chi connectivity index (χ0n) is 10.3. The van der Waals surface area contributed by atoms with E-state index in [4.69, 9.17) is 0 Å². The van der Waals surface area contributed by atoms with E-state index in [9.17, 15) is 0 Å². The first kappa shape index (κ1) is 11.0. The van der Waals surface area contributed by atoms with E-state index in [2.05, 4.69) is 47.0 Å². The van der Waals surface area contributed by atoms with Gasteiger partial charge in [0.05, 0.1) is 15.2 Å². The van der Waals surface area contributed by atoms with Crippen molar-refractivity contribution < 1.29 is 0 Å². The second-order valence-corrected chi connectivity index (χ2v) is 5.91. The molecular formula is C13H17N3S. The van der Waals surface area contributed by atoms with Crippen LogP contribution in [0.1, 0.15) is 5.01 Å². The lowest BCUT2D eigenvalue weighted by atomic mass is 10.2. The number of likely N-dealkylation sites (N-methyl/N-ethyl adjacent to an activating group) is 1. The third-order valence-corrected chi connectivity index (χ3v) is 4.28. The molecule has 1 saturated heterocycles. The van der Waals surface area contributed by atoms with Crippen molar-refractivity contribution in [3.63, 3.8) is 0 Å². The number of hydrogen-bond donors (Lipinski definition) is 0. The number of aromatic nitrogens is 1. The largest absolute Gasteiger partial charge is 0.369 e. The lowest BCUT2D eigenvalue weighted by Gasteiger charge is -2.34. The molecular weight excluding hydrogens is 230 g/mol. The third-order valence-electron chi connectivity index (χ3n) is 3.35. The molecule has 0 bridgehead atoms. The maximum absolute atomic E-state index is 4.50. The molecule has 0 saturated carbocycles. The Kier molecular flexibility index (Phi) is 2.76. The Balaban J connectivity index is 1.89. The van der Waals surface area contributed by atoms with Gasteiger partial charge in [0.25, 0.3) is 0 Å². The van der Waals surface area contributed by atoms with Crippen LogP contribution in [0.4, 0.5) is 5.69 Å². The van der Waals surface area contributed by atoms with Crippen LogP contribution in [0.3, 0.4) is 0 Å². The van der Waals surface area contributed by atoms with Gasteiger partial charge in [-0.1, -0.05) is 0 Å². The van der Waals surface area contributed by atoms with Crippen molar-refractivity contribution in [2.45, 2.75) is 6.92 Å². The van der Waals surface area contributed by atoms with E-state index >= 15 is 0 Å². The van der Waals surface area contributed by atoms with Gasteiger partial charge in [-0.25, -0.2) is 4.98 Å². The van der Waals surface area contributed by atoms with Crippen molar-refractivity contribution in [2.24, 2.45) is 0 Å². The average molecular weight is 247 g/mol. The van der Waals surface area contributed by atoms with Crippen LogP contribution < -0.4 is 4.90 Å². The summed E-state index contributed by atoms with van der Waals surface area (Å²) in [6.07, 6.45) is 0. The van der Waals surface area contributed by atoms with Crippen molar-refractivity contribution in [2.75, 3.05) is 38.1 Å². The normalized spacial score (nSPS) is 17.9. The van der Waals surface area contributed by atoms with Crippen LogP contribution in [0.15, 0.2) is 18.2 Å². The Morgan fingerprint density at radius 1 is 1.18 bits per heavy atom. The fraction of sp³-hybridized carbons (Fsp3) is 0.462. The second kappa shape index (κ2) is 4.27. The summed E-state index contributed by atoms with van der Waals surface area (Å²) in [7, 11) is 2.19. The highest BCUT2D eigenvalue weighted by Gasteiger charge is 2.14. The molecule has 2 heterocycles. The lowest BCUT2D eigenvalue weighted by Crippen LogP contribution is -2.44. The Morgan fingerprint density at radius 3 is 2.71 bits per heavy atom. The van der Waals surface area contributed by atoms with E-state index in [1.54, 1.807) is 11.3 Å². The molecule has 3 nitrogen and oxygen atoms in total. The maximum Gasteiger partial charge on any atom is 0.0907 e. The van der Waals surface area contributed by atoms with Gasteiger partial charge in [0.1, 0.15) is 0 Å². The van der Waals surface area contributed by atoms with Gasteiger partial charge in [-0.2, -0.15) is 0 Å². The van der Waals surface area contributed by atoms with Crippen LogP contribution in [0.5, 0.6) is 0 Å². The molecule has 0 atom stereocenters. The van der Waals surface area contributed by atoms with E-state index in [1.165, 1.54) is 10.4 Å². The maximum atomic E-state index is 4.50. The summed E-state index contributed by atoms with van der Waals surface area (Å²) in [6.45, 7) is 6.62. The smallest absolute Gasteiger partial charge is 0.0907 e. The van der Waals surface area contributed by atoms with Crippen LogP contribution in [-0.4, -0.2) is 43.1 Å². The molecule has 17 heavy (non-hydrogen) atoms. The van der Waals surface area contributed by atoms with Gasteiger partial charge in [-0.15, -0.1) is 11.3 Å². The minimum Gasteiger partial charge on any atom is -0.369 e. The Hall–Kier alpha value is -1.13. The van der Waals surface area contributed by atoms with Gasteiger partial charge in [-0.3, -0.25) is 0 Å². The summed E-state index contributed by atoms with van der Waals surface area (Å²) in [4.78, 5) is 9.35. The molecule has 0 unspecified atom stereocenters. The number of rotatable bonds is 1. The Labute approximate surface area is 106 Å². The number of thiazole rings is 1. The molecule has 3 rings (SSSR count). The van der Waals surface area contributed by atoms with Gasteiger partial charge in [-0.05, 0) is 32.2 Å². The summed E-state index contributed by atoms with van der Waals surface area (Å²) in [5.74, 6) is 0. The van der Waals surface area contributed by atoms with Crippen molar-refractivity contribution >= 4 is 27.2 Å². The molecule has 90 valence electrons. The zero-order valence-corrected chi connectivity index (χ0v) is 11.1. The van der Waals surface area contributed by atoms with E-state index in [1.807, 2.05) is 0 Å². The zero-order chi connectivity index (χ0) is 11.8. The summed E-state index contributed by atoms with van der Waals surface area (Å²) >= 11 is 1.78. The van der Waals surface area contributed by atoms with Crippen LogP contribution in [0.25, 0.3) is 10.2 Å². The summed E-state index contributed by atoms with van der Waals surface area (Å²) < 4.78 is 1.30. The first-order valence-corrected chi connectivity index (χ1v) is 6.85. The fourth-order valence-corrected chi connectivity index (χ4v) is 3.15. The number of benzene rings is 1. The highest BCUT2D eigenvalue weighted by Crippen LogP contribution is 2.27. The summed E-state index contributed by atoms with van der Waals surface area (Å²) in [5, 5.41) is 1.15. The predicted octanol–water partition coefficient (Wildman–Crippen LogP) is 2.36. The minimum atomic E-state index is 1.12. The van der Waals surface area contributed by atoms with Crippen molar-refractivity contribution in [1.82, 2.24) is 9.88 Å². The minimum absolute atomic E-state index is 1.12. The highest BCUT2D eigenvalue weighted by atomic mass is 32.1. The van der Waals surface area contributed by atoms with Gasteiger partial charge in [0.15, 0.2) is 0 Å². The summed E-state index contributed by atoms with van der Waals surface area (Å²) in [5.41, 5.74) is 2.47. The van der Waals surface area contributed by atoms with Crippen LogP contribution in [0, 0.1) is 6.92 Å². The van der Waals surface area contributed by atoms with E-state index in [0.29, 0.717) is 0 Å². The van der Waals surface area contributed by atoms with Crippen molar-refractivity contribution in [3.05, 3.63) is 23.2 Å². The topological polar surface area (TPSA) is 19.4 Å².